The van der Waals surface area contributed by atoms with Crippen LogP contribution in [-0.2, 0) is 4.74 Å². The van der Waals surface area contributed by atoms with E-state index in [0.717, 1.165) is 45.3 Å². The largest absolute Gasteiger partial charge is 0.394 e. The molecule has 1 aliphatic heterocycles. The van der Waals surface area contributed by atoms with Gasteiger partial charge in [-0.3, -0.25) is 0 Å². The van der Waals surface area contributed by atoms with Crippen molar-refractivity contribution >= 4 is 0 Å². The highest BCUT2D eigenvalue weighted by atomic mass is 16.5. The third-order valence-electron chi connectivity index (χ3n) is 4.27. The Hall–Kier alpha value is -0.160. The molecule has 1 fully saturated rings. The van der Waals surface area contributed by atoms with Gasteiger partial charge in [-0.1, -0.05) is 20.8 Å². The molecule has 2 atom stereocenters. The maximum Gasteiger partial charge on any atom is 0.0710 e. The Balaban J connectivity index is 2.32. The number of aliphatic hydroxyl groups is 1. The first kappa shape index (κ1) is 16.9. The SMILES string of the molecule is CCC(CO)(CCCN1CCC(OC)C1)NC(C)C. The molecule has 1 aliphatic rings. The summed E-state index contributed by atoms with van der Waals surface area (Å²) in [6, 6.07) is 0.414. The number of likely N-dealkylation sites (tertiary alicyclic amines) is 1. The Morgan fingerprint density at radius 2 is 2.21 bits per heavy atom. The van der Waals surface area contributed by atoms with Crippen LogP contribution in [0.4, 0.5) is 0 Å². The predicted molar refractivity (Wildman–Crippen MR) is 79.5 cm³/mol. The summed E-state index contributed by atoms with van der Waals surface area (Å²) in [4.78, 5) is 2.47. The second kappa shape index (κ2) is 8.20. The lowest BCUT2D eigenvalue weighted by atomic mass is 9.90. The fourth-order valence-electron chi connectivity index (χ4n) is 3.03. The van der Waals surface area contributed by atoms with Gasteiger partial charge in [-0.25, -0.2) is 0 Å². The molecule has 0 bridgehead atoms. The first-order chi connectivity index (χ1) is 9.05. The van der Waals surface area contributed by atoms with E-state index in [-0.39, 0.29) is 12.1 Å². The van der Waals surface area contributed by atoms with Crippen molar-refractivity contribution in [3.63, 3.8) is 0 Å². The number of hydrogen-bond acceptors (Lipinski definition) is 4. The summed E-state index contributed by atoms with van der Waals surface area (Å²) < 4.78 is 5.39. The molecule has 4 nitrogen and oxygen atoms in total. The molecule has 0 spiro atoms. The van der Waals surface area contributed by atoms with Crippen LogP contribution in [0.2, 0.25) is 0 Å². The Bertz CT molecular complexity index is 242. The van der Waals surface area contributed by atoms with E-state index in [1.807, 2.05) is 0 Å². The van der Waals surface area contributed by atoms with Crippen LogP contribution in [0.1, 0.15) is 46.5 Å². The maximum absolute atomic E-state index is 9.70. The van der Waals surface area contributed by atoms with Gasteiger partial charge in [0, 0.05) is 31.8 Å². The minimum atomic E-state index is -0.103. The van der Waals surface area contributed by atoms with Crippen molar-refractivity contribution in [2.45, 2.75) is 64.1 Å². The third-order valence-corrected chi connectivity index (χ3v) is 4.27. The number of nitrogens with one attached hydrogen (secondary N) is 1. The fourth-order valence-corrected chi connectivity index (χ4v) is 3.03. The van der Waals surface area contributed by atoms with Gasteiger partial charge in [0.05, 0.1) is 12.7 Å². The highest BCUT2D eigenvalue weighted by Crippen LogP contribution is 2.20. The zero-order chi connectivity index (χ0) is 14.3. The van der Waals surface area contributed by atoms with Gasteiger partial charge in [0.15, 0.2) is 0 Å². The quantitative estimate of drug-likeness (QED) is 0.669. The zero-order valence-electron chi connectivity index (χ0n) is 13.1. The molecule has 114 valence electrons. The summed E-state index contributed by atoms with van der Waals surface area (Å²) in [6.07, 6.45) is 4.71. The Kier molecular flexibility index (Phi) is 7.29. The molecular formula is C15H32N2O2. The zero-order valence-corrected chi connectivity index (χ0v) is 13.1. The highest BCUT2D eigenvalue weighted by molar-refractivity contribution is 4.88. The van der Waals surface area contributed by atoms with Crippen LogP contribution in [0, 0.1) is 0 Å². The van der Waals surface area contributed by atoms with Crippen molar-refractivity contribution in [2.75, 3.05) is 33.4 Å². The highest BCUT2D eigenvalue weighted by Gasteiger charge is 2.28. The van der Waals surface area contributed by atoms with Crippen LogP contribution in [0.15, 0.2) is 0 Å². The molecular weight excluding hydrogens is 240 g/mol. The van der Waals surface area contributed by atoms with Crippen molar-refractivity contribution < 1.29 is 9.84 Å². The molecule has 19 heavy (non-hydrogen) atoms. The van der Waals surface area contributed by atoms with Crippen LogP contribution in [0.25, 0.3) is 0 Å². The van der Waals surface area contributed by atoms with E-state index < -0.39 is 0 Å². The standard InChI is InChI=1S/C15H32N2O2/c1-5-15(12-18,16-13(2)3)8-6-9-17-10-7-14(11-17)19-4/h13-14,16,18H,5-12H2,1-4H3. The van der Waals surface area contributed by atoms with Gasteiger partial charge >= 0.3 is 0 Å². The van der Waals surface area contributed by atoms with E-state index in [1.165, 1.54) is 0 Å². The maximum atomic E-state index is 9.70. The number of nitrogens with zero attached hydrogens (tertiary/aromatic N) is 1. The third kappa shape index (κ3) is 5.38. The number of ether oxygens (including phenoxy) is 1. The van der Waals surface area contributed by atoms with Crippen molar-refractivity contribution in [2.24, 2.45) is 0 Å². The molecule has 1 saturated heterocycles. The van der Waals surface area contributed by atoms with Gasteiger partial charge in [0.25, 0.3) is 0 Å². The van der Waals surface area contributed by atoms with E-state index in [4.69, 9.17) is 4.74 Å². The first-order valence-corrected chi connectivity index (χ1v) is 7.69. The van der Waals surface area contributed by atoms with Gasteiger partial charge in [-0.15, -0.1) is 0 Å². The topological polar surface area (TPSA) is 44.7 Å². The average molecular weight is 272 g/mol. The molecule has 0 saturated carbocycles. The molecule has 0 aromatic rings. The van der Waals surface area contributed by atoms with E-state index in [2.05, 4.69) is 31.0 Å². The lowest BCUT2D eigenvalue weighted by molar-refractivity contribution is 0.105. The molecule has 1 rings (SSSR count). The van der Waals surface area contributed by atoms with Gasteiger partial charge in [-0.05, 0) is 32.2 Å². The molecule has 2 N–H and O–H groups in total. The van der Waals surface area contributed by atoms with E-state index in [1.54, 1.807) is 7.11 Å². The van der Waals surface area contributed by atoms with E-state index in [0.29, 0.717) is 12.1 Å². The minimum absolute atomic E-state index is 0.103. The minimum Gasteiger partial charge on any atom is -0.394 e. The van der Waals surface area contributed by atoms with Gasteiger partial charge in [0.2, 0.25) is 0 Å². The molecule has 0 aromatic heterocycles. The van der Waals surface area contributed by atoms with Crippen LogP contribution in [-0.4, -0.2) is 61.0 Å². The lowest BCUT2D eigenvalue weighted by Gasteiger charge is -2.35. The summed E-state index contributed by atoms with van der Waals surface area (Å²) in [6.45, 7) is 9.99. The molecule has 1 heterocycles. The lowest BCUT2D eigenvalue weighted by Crippen LogP contribution is -2.51. The number of hydrogen-bond donors (Lipinski definition) is 2. The summed E-state index contributed by atoms with van der Waals surface area (Å²) in [5.74, 6) is 0. The molecule has 0 amide bonds. The van der Waals surface area contributed by atoms with Crippen molar-refractivity contribution in [1.29, 1.82) is 0 Å². The average Bonchev–Trinajstić information content (AvgIpc) is 2.85. The number of aliphatic hydroxyl groups excluding tert-OH is 1. The van der Waals surface area contributed by atoms with Crippen molar-refractivity contribution in [3.8, 4) is 0 Å². The van der Waals surface area contributed by atoms with E-state index in [9.17, 15) is 5.11 Å². The molecule has 0 aromatic carbocycles. The molecule has 2 unspecified atom stereocenters. The Morgan fingerprint density at radius 1 is 1.47 bits per heavy atom. The molecule has 4 heteroatoms. The predicted octanol–water partition coefficient (Wildman–Crippen LogP) is 1.63. The second-order valence-electron chi connectivity index (χ2n) is 6.14. The van der Waals surface area contributed by atoms with Crippen LogP contribution >= 0.6 is 0 Å². The second-order valence-corrected chi connectivity index (χ2v) is 6.14. The summed E-state index contributed by atoms with van der Waals surface area (Å²) in [5, 5.41) is 13.2. The van der Waals surface area contributed by atoms with Gasteiger partial charge in [0.1, 0.15) is 0 Å². The van der Waals surface area contributed by atoms with Gasteiger partial charge in [-0.2, -0.15) is 0 Å². The number of methoxy groups -OCH3 is 1. The normalized spacial score (nSPS) is 24.0. The summed E-state index contributed by atoms with van der Waals surface area (Å²) >= 11 is 0. The van der Waals surface area contributed by atoms with Crippen molar-refractivity contribution in [1.82, 2.24) is 10.2 Å². The number of rotatable bonds is 9. The van der Waals surface area contributed by atoms with Crippen LogP contribution in [0.5, 0.6) is 0 Å². The fraction of sp³-hybridized carbons (Fsp3) is 1.00. The van der Waals surface area contributed by atoms with Crippen molar-refractivity contribution in [3.05, 3.63) is 0 Å². The van der Waals surface area contributed by atoms with Gasteiger partial charge < -0.3 is 20.1 Å². The van der Waals surface area contributed by atoms with Crippen LogP contribution in [0.3, 0.4) is 0 Å². The summed E-state index contributed by atoms with van der Waals surface area (Å²) in [7, 11) is 1.80. The summed E-state index contributed by atoms with van der Waals surface area (Å²) in [5.41, 5.74) is -0.103. The molecule has 0 aliphatic carbocycles. The Morgan fingerprint density at radius 3 is 2.68 bits per heavy atom. The first-order valence-electron chi connectivity index (χ1n) is 7.69. The van der Waals surface area contributed by atoms with Crippen LogP contribution < -0.4 is 5.32 Å². The monoisotopic (exact) mass is 272 g/mol. The Labute approximate surface area is 118 Å². The smallest absolute Gasteiger partial charge is 0.0710 e. The molecule has 0 radical (unpaired) electrons. The van der Waals surface area contributed by atoms with E-state index >= 15 is 0 Å².